The van der Waals surface area contributed by atoms with Gasteiger partial charge in [-0.2, -0.15) is 0 Å². The Morgan fingerprint density at radius 3 is 1.63 bits per heavy atom. The lowest BCUT2D eigenvalue weighted by Crippen LogP contribution is -2.12. The van der Waals surface area contributed by atoms with Gasteiger partial charge in [-0.05, 0) is 109 Å². The molecule has 0 saturated carbocycles. The first-order valence-electron chi connectivity index (χ1n) is 21.2. The first kappa shape index (κ1) is 35.7. The molecule has 0 bridgehead atoms. The zero-order chi connectivity index (χ0) is 41.0. The third-order valence-electron chi connectivity index (χ3n) is 12.4. The zero-order valence-electron chi connectivity index (χ0n) is 33.9. The highest BCUT2D eigenvalue weighted by atomic mass is 16.3. The highest BCUT2D eigenvalue weighted by Crippen LogP contribution is 2.48. The van der Waals surface area contributed by atoms with Crippen LogP contribution in [0.15, 0.2) is 241 Å². The molecule has 0 saturated heterocycles. The van der Waals surface area contributed by atoms with Gasteiger partial charge in [0, 0.05) is 33.2 Å². The maximum Gasteiger partial charge on any atom is 0.143 e. The molecule has 11 aromatic carbocycles. The van der Waals surface area contributed by atoms with E-state index in [0.717, 1.165) is 61.3 Å². The summed E-state index contributed by atoms with van der Waals surface area (Å²) in [6.07, 6.45) is 0. The van der Waals surface area contributed by atoms with Crippen LogP contribution in [0.25, 0.3) is 98.8 Å². The number of nitrogens with zero attached hydrogens (tertiary/aromatic N) is 1. The maximum atomic E-state index is 6.86. The van der Waals surface area contributed by atoms with Crippen LogP contribution in [0.3, 0.4) is 0 Å². The molecule has 0 fully saturated rings. The first-order valence-corrected chi connectivity index (χ1v) is 21.2. The number of rotatable bonds is 7. The number of anilines is 3. The van der Waals surface area contributed by atoms with Gasteiger partial charge in [0.25, 0.3) is 0 Å². The molecule has 0 radical (unpaired) electrons. The summed E-state index contributed by atoms with van der Waals surface area (Å²) in [6, 6.07) is 85.5. The molecule has 0 amide bonds. The third kappa shape index (κ3) is 6.04. The normalized spacial score (nSPS) is 11.5. The van der Waals surface area contributed by atoms with Crippen molar-refractivity contribution in [3.8, 4) is 44.5 Å². The zero-order valence-corrected chi connectivity index (χ0v) is 33.9. The molecule has 0 unspecified atom stereocenters. The minimum Gasteiger partial charge on any atom is -0.455 e. The monoisotopic (exact) mass is 789 g/mol. The van der Waals surface area contributed by atoms with Gasteiger partial charge in [-0.25, -0.2) is 0 Å². The van der Waals surface area contributed by atoms with Crippen LogP contribution >= 0.6 is 0 Å². The molecular weight excluding hydrogens is 751 g/mol. The molecule has 0 atom stereocenters. The minimum atomic E-state index is 0.881. The van der Waals surface area contributed by atoms with Crippen molar-refractivity contribution in [1.82, 2.24) is 0 Å². The second kappa shape index (κ2) is 14.8. The van der Waals surface area contributed by atoms with Gasteiger partial charge in [0.2, 0.25) is 0 Å². The molecule has 12 aromatic rings. The maximum absolute atomic E-state index is 6.86. The van der Waals surface area contributed by atoms with Crippen LogP contribution in [0.1, 0.15) is 0 Å². The van der Waals surface area contributed by atoms with Gasteiger partial charge < -0.3 is 9.32 Å². The van der Waals surface area contributed by atoms with Crippen molar-refractivity contribution in [1.29, 1.82) is 0 Å². The van der Waals surface area contributed by atoms with Gasteiger partial charge in [-0.15, -0.1) is 0 Å². The quantitative estimate of drug-likeness (QED) is 0.150. The van der Waals surface area contributed by atoms with Crippen LogP contribution in [-0.2, 0) is 0 Å². The van der Waals surface area contributed by atoms with E-state index in [1.807, 2.05) is 0 Å². The van der Waals surface area contributed by atoms with E-state index in [0.29, 0.717) is 0 Å². The van der Waals surface area contributed by atoms with Gasteiger partial charge in [0.05, 0.1) is 11.4 Å². The lowest BCUT2D eigenvalue weighted by atomic mass is 9.93. The van der Waals surface area contributed by atoms with Gasteiger partial charge in [-0.1, -0.05) is 188 Å². The summed E-state index contributed by atoms with van der Waals surface area (Å²) >= 11 is 0. The topological polar surface area (TPSA) is 16.4 Å². The summed E-state index contributed by atoms with van der Waals surface area (Å²) in [5.74, 6) is 0. The van der Waals surface area contributed by atoms with Gasteiger partial charge in [-0.3, -0.25) is 0 Å². The van der Waals surface area contributed by atoms with Gasteiger partial charge in [0.15, 0.2) is 0 Å². The Balaban J connectivity index is 1.09. The average molecular weight is 790 g/mol. The summed E-state index contributed by atoms with van der Waals surface area (Å²) in [7, 11) is 0. The van der Waals surface area contributed by atoms with Crippen molar-refractivity contribution in [2.75, 3.05) is 4.90 Å². The van der Waals surface area contributed by atoms with E-state index in [1.54, 1.807) is 0 Å². The minimum absolute atomic E-state index is 0.881. The Morgan fingerprint density at radius 1 is 0.274 bits per heavy atom. The summed E-state index contributed by atoms with van der Waals surface area (Å²) in [5, 5.41) is 9.61. The molecule has 2 heteroatoms. The number of fused-ring (bicyclic) bond motifs is 7. The van der Waals surface area contributed by atoms with E-state index < -0.39 is 0 Å². The number of benzene rings is 11. The Hall–Kier alpha value is -8.20. The molecule has 62 heavy (non-hydrogen) atoms. The average Bonchev–Trinajstić information content (AvgIpc) is 3.71. The molecule has 1 aromatic heterocycles. The molecular formula is C60H39NO. The highest BCUT2D eigenvalue weighted by molar-refractivity contribution is 6.15. The molecule has 0 aliphatic heterocycles. The number of hydrogen-bond acceptors (Lipinski definition) is 2. The van der Waals surface area contributed by atoms with E-state index in [1.165, 1.54) is 54.6 Å². The second-order valence-corrected chi connectivity index (χ2v) is 16.0. The SMILES string of the molecule is c1ccc(-c2ccc(N(c3ccc(-c4cc5ccccc5c5ccccc45)cc3)c3ccccc3-c3cccc4c3oc3cc5ccccc5cc34)c(-c3ccccc3)c2)cc1. The predicted molar refractivity (Wildman–Crippen MR) is 263 cm³/mol. The van der Waals surface area contributed by atoms with E-state index >= 15 is 0 Å². The molecule has 0 aliphatic carbocycles. The van der Waals surface area contributed by atoms with E-state index in [-0.39, 0.29) is 0 Å². The van der Waals surface area contributed by atoms with Crippen molar-refractivity contribution < 1.29 is 4.42 Å². The summed E-state index contributed by atoms with van der Waals surface area (Å²) in [6.45, 7) is 0. The Labute approximate surface area is 360 Å². The van der Waals surface area contributed by atoms with Crippen LogP contribution in [-0.4, -0.2) is 0 Å². The van der Waals surface area contributed by atoms with E-state index in [9.17, 15) is 0 Å². The highest BCUT2D eigenvalue weighted by Gasteiger charge is 2.23. The number of para-hydroxylation sites is 2. The van der Waals surface area contributed by atoms with Gasteiger partial charge >= 0.3 is 0 Å². The standard InChI is InChI=1S/C60H39NO/c1-3-16-40(17-4-1)45-32-35-58(55(36-45)41-18-5-2-6-19-41)61(47-33-30-42(31-34-47)54-38-46-22-9-10-23-48(46)49-24-11-12-25-50(49)54)57-29-14-13-26-51(57)52-27-15-28-53-56-37-43-20-7-8-21-44(43)39-59(56)62-60(52)53/h1-39H. The molecule has 290 valence electrons. The number of furan rings is 1. The van der Waals surface area contributed by atoms with Crippen LogP contribution in [0.4, 0.5) is 17.1 Å². The first-order chi connectivity index (χ1) is 30.7. The van der Waals surface area contributed by atoms with Crippen molar-refractivity contribution in [2.24, 2.45) is 0 Å². The largest absolute Gasteiger partial charge is 0.455 e. The van der Waals surface area contributed by atoms with Gasteiger partial charge in [0.1, 0.15) is 11.2 Å². The molecule has 2 nitrogen and oxygen atoms in total. The fourth-order valence-electron chi connectivity index (χ4n) is 9.47. The fourth-order valence-corrected chi connectivity index (χ4v) is 9.47. The van der Waals surface area contributed by atoms with Crippen molar-refractivity contribution in [3.05, 3.63) is 237 Å². The van der Waals surface area contributed by atoms with Crippen LogP contribution in [0.2, 0.25) is 0 Å². The second-order valence-electron chi connectivity index (χ2n) is 16.0. The van der Waals surface area contributed by atoms with Crippen LogP contribution in [0.5, 0.6) is 0 Å². The summed E-state index contributed by atoms with van der Waals surface area (Å²) < 4.78 is 6.86. The van der Waals surface area contributed by atoms with E-state index in [2.05, 4.69) is 241 Å². The number of hydrogen-bond donors (Lipinski definition) is 0. The molecule has 0 aliphatic rings. The Kier molecular flexibility index (Phi) is 8.53. The van der Waals surface area contributed by atoms with Crippen molar-refractivity contribution in [2.45, 2.75) is 0 Å². The fraction of sp³-hybridized carbons (Fsp3) is 0. The summed E-state index contributed by atoms with van der Waals surface area (Å²) in [5.41, 5.74) is 14.1. The third-order valence-corrected chi connectivity index (χ3v) is 12.4. The lowest BCUT2D eigenvalue weighted by molar-refractivity contribution is 0.670. The van der Waals surface area contributed by atoms with Crippen LogP contribution in [0, 0.1) is 0 Å². The van der Waals surface area contributed by atoms with Crippen molar-refractivity contribution in [3.63, 3.8) is 0 Å². The predicted octanol–water partition coefficient (Wildman–Crippen LogP) is 17.2. The molecule has 0 spiro atoms. The molecule has 12 rings (SSSR count). The van der Waals surface area contributed by atoms with E-state index in [4.69, 9.17) is 4.42 Å². The molecule has 0 N–H and O–H groups in total. The Bertz CT molecular complexity index is 3620. The smallest absolute Gasteiger partial charge is 0.143 e. The Morgan fingerprint density at radius 2 is 0.839 bits per heavy atom. The summed E-state index contributed by atoms with van der Waals surface area (Å²) in [4.78, 5) is 2.44. The van der Waals surface area contributed by atoms with Crippen LogP contribution < -0.4 is 4.90 Å². The lowest BCUT2D eigenvalue weighted by Gasteiger charge is -2.30. The van der Waals surface area contributed by atoms with Crippen molar-refractivity contribution >= 4 is 71.3 Å². The molecule has 1 heterocycles.